The van der Waals surface area contributed by atoms with Gasteiger partial charge in [0.1, 0.15) is 0 Å². The zero-order chi connectivity index (χ0) is 18.5. The summed E-state index contributed by atoms with van der Waals surface area (Å²) in [5.41, 5.74) is 1.23. The lowest BCUT2D eigenvalue weighted by atomic mass is 9.90. The molecule has 2 aliphatic rings. The van der Waals surface area contributed by atoms with E-state index in [4.69, 9.17) is 0 Å². The van der Waals surface area contributed by atoms with Crippen molar-refractivity contribution in [2.75, 3.05) is 13.1 Å². The van der Waals surface area contributed by atoms with Crippen LogP contribution in [0.4, 0.5) is 4.79 Å². The second-order valence-corrected chi connectivity index (χ2v) is 7.87. The van der Waals surface area contributed by atoms with Gasteiger partial charge in [-0.15, -0.1) is 0 Å². The molecule has 5 nitrogen and oxygen atoms in total. The molecule has 3 amide bonds. The van der Waals surface area contributed by atoms with Crippen molar-refractivity contribution < 1.29 is 9.59 Å². The number of hydrogen-bond donors (Lipinski definition) is 1. The predicted molar refractivity (Wildman–Crippen MR) is 99.7 cm³/mol. The Morgan fingerprint density at radius 2 is 1.65 bits per heavy atom. The van der Waals surface area contributed by atoms with Gasteiger partial charge in [-0.05, 0) is 26.8 Å². The third-order valence-corrected chi connectivity index (χ3v) is 5.01. The summed E-state index contributed by atoms with van der Waals surface area (Å²) in [5.74, 6) is -0.0180. The topological polar surface area (TPSA) is 52.7 Å². The Hall–Kier alpha value is -2.82. The first-order chi connectivity index (χ1) is 12.4. The largest absolute Gasteiger partial charge is 0.333 e. The highest BCUT2D eigenvalue weighted by Crippen LogP contribution is 2.49. The van der Waals surface area contributed by atoms with Crippen LogP contribution in [0.3, 0.4) is 0 Å². The third-order valence-electron chi connectivity index (χ3n) is 5.01. The predicted octanol–water partition coefficient (Wildman–Crippen LogP) is 3.17. The van der Waals surface area contributed by atoms with Crippen molar-refractivity contribution in [2.24, 2.45) is 0 Å². The molecule has 2 heterocycles. The van der Waals surface area contributed by atoms with Gasteiger partial charge >= 0.3 is 6.03 Å². The second kappa shape index (κ2) is 5.59. The Morgan fingerprint density at radius 1 is 1.00 bits per heavy atom. The van der Waals surface area contributed by atoms with Gasteiger partial charge < -0.3 is 10.2 Å². The van der Waals surface area contributed by atoms with E-state index in [2.05, 4.69) is 5.32 Å². The van der Waals surface area contributed by atoms with Crippen LogP contribution in [0.15, 0.2) is 54.6 Å². The summed E-state index contributed by atoms with van der Waals surface area (Å²) < 4.78 is 0. The molecule has 134 valence electrons. The standard InChI is InChI=1S/C21H23N3O2/c1-20(2,3)22-19(26)24-14-13-23-18(25)16-11-7-8-12-17(16)21(23,24)15-9-5-4-6-10-15/h4-12H,13-14H2,1-3H3,(H,22,26). The van der Waals surface area contributed by atoms with E-state index >= 15 is 0 Å². The highest BCUT2D eigenvalue weighted by atomic mass is 16.2. The van der Waals surface area contributed by atoms with Crippen molar-refractivity contribution >= 4 is 11.9 Å². The van der Waals surface area contributed by atoms with Crippen LogP contribution in [-0.4, -0.2) is 40.4 Å². The monoisotopic (exact) mass is 349 g/mol. The van der Waals surface area contributed by atoms with E-state index in [-0.39, 0.29) is 17.5 Å². The molecule has 1 unspecified atom stereocenters. The number of fused-ring (bicyclic) bond motifs is 3. The number of carbonyl (C=O) groups excluding carboxylic acids is 2. The van der Waals surface area contributed by atoms with Crippen LogP contribution in [0, 0.1) is 0 Å². The summed E-state index contributed by atoms with van der Waals surface area (Å²) in [7, 11) is 0. The Kier molecular flexibility index (Phi) is 3.58. The fraction of sp³-hybridized carbons (Fsp3) is 0.333. The SMILES string of the molecule is CC(C)(C)NC(=O)N1CCN2C(=O)c3ccccc3C12c1ccccc1. The first kappa shape index (κ1) is 16.6. The Bertz CT molecular complexity index is 872. The first-order valence-electron chi connectivity index (χ1n) is 8.92. The molecule has 1 N–H and O–H groups in total. The lowest BCUT2D eigenvalue weighted by Gasteiger charge is -2.41. The molecule has 4 rings (SSSR count). The second-order valence-electron chi connectivity index (χ2n) is 7.87. The molecule has 1 fully saturated rings. The van der Waals surface area contributed by atoms with E-state index in [0.29, 0.717) is 18.7 Å². The van der Waals surface area contributed by atoms with Gasteiger partial charge in [0.2, 0.25) is 0 Å². The maximum atomic E-state index is 13.2. The zero-order valence-corrected chi connectivity index (χ0v) is 15.3. The molecule has 26 heavy (non-hydrogen) atoms. The normalized spacial score (nSPS) is 21.6. The minimum absolute atomic E-state index is 0.0180. The fourth-order valence-corrected chi connectivity index (χ4v) is 4.10. The Labute approximate surface area is 153 Å². The van der Waals surface area contributed by atoms with Gasteiger partial charge in [-0.1, -0.05) is 48.5 Å². The summed E-state index contributed by atoms with van der Waals surface area (Å²) in [6.07, 6.45) is 0. The van der Waals surface area contributed by atoms with Gasteiger partial charge in [-0.25, -0.2) is 4.79 Å². The van der Waals surface area contributed by atoms with Crippen molar-refractivity contribution in [1.82, 2.24) is 15.1 Å². The molecule has 2 aromatic carbocycles. The van der Waals surface area contributed by atoms with Crippen molar-refractivity contribution in [3.05, 3.63) is 71.3 Å². The smallest absolute Gasteiger partial charge is 0.320 e. The molecule has 0 bridgehead atoms. The van der Waals surface area contributed by atoms with E-state index in [0.717, 1.165) is 11.1 Å². The summed E-state index contributed by atoms with van der Waals surface area (Å²) in [5, 5.41) is 3.06. The minimum Gasteiger partial charge on any atom is -0.333 e. The van der Waals surface area contributed by atoms with Gasteiger partial charge in [-0.3, -0.25) is 9.69 Å². The fourth-order valence-electron chi connectivity index (χ4n) is 4.10. The van der Waals surface area contributed by atoms with Crippen LogP contribution in [0.2, 0.25) is 0 Å². The van der Waals surface area contributed by atoms with Crippen LogP contribution >= 0.6 is 0 Å². The number of amides is 3. The Morgan fingerprint density at radius 3 is 2.35 bits per heavy atom. The van der Waals surface area contributed by atoms with E-state index in [1.165, 1.54) is 0 Å². The molecule has 0 spiro atoms. The number of urea groups is 1. The summed E-state index contributed by atoms with van der Waals surface area (Å²) in [4.78, 5) is 29.9. The number of nitrogens with zero attached hydrogens (tertiary/aromatic N) is 2. The van der Waals surface area contributed by atoms with Crippen LogP contribution in [0.1, 0.15) is 42.3 Å². The van der Waals surface area contributed by atoms with Crippen molar-refractivity contribution in [1.29, 1.82) is 0 Å². The quantitative estimate of drug-likeness (QED) is 0.860. The molecule has 2 aromatic rings. The van der Waals surface area contributed by atoms with Crippen molar-refractivity contribution in [3.63, 3.8) is 0 Å². The molecule has 5 heteroatoms. The summed E-state index contributed by atoms with van der Waals surface area (Å²) in [6.45, 7) is 6.89. The summed E-state index contributed by atoms with van der Waals surface area (Å²) in [6, 6.07) is 17.3. The maximum absolute atomic E-state index is 13.2. The average molecular weight is 349 g/mol. The molecular weight excluding hydrogens is 326 g/mol. The molecular formula is C21H23N3O2. The van der Waals surface area contributed by atoms with E-state index in [1.807, 2.05) is 80.3 Å². The van der Waals surface area contributed by atoms with E-state index < -0.39 is 5.66 Å². The van der Waals surface area contributed by atoms with Crippen LogP contribution < -0.4 is 5.32 Å². The molecule has 0 saturated carbocycles. The van der Waals surface area contributed by atoms with Crippen LogP contribution in [0.25, 0.3) is 0 Å². The lowest BCUT2D eigenvalue weighted by Crippen LogP contribution is -2.57. The van der Waals surface area contributed by atoms with Gasteiger partial charge in [-0.2, -0.15) is 0 Å². The van der Waals surface area contributed by atoms with Gasteiger partial charge in [0, 0.05) is 35.3 Å². The third kappa shape index (κ3) is 2.23. The van der Waals surface area contributed by atoms with Crippen LogP contribution in [-0.2, 0) is 5.66 Å². The maximum Gasteiger partial charge on any atom is 0.320 e. The number of nitrogens with one attached hydrogen (secondary N) is 1. The van der Waals surface area contributed by atoms with E-state index in [1.54, 1.807) is 4.90 Å². The van der Waals surface area contributed by atoms with E-state index in [9.17, 15) is 9.59 Å². The molecule has 2 aliphatic heterocycles. The van der Waals surface area contributed by atoms with Crippen LogP contribution in [0.5, 0.6) is 0 Å². The first-order valence-corrected chi connectivity index (χ1v) is 8.92. The molecule has 0 aliphatic carbocycles. The number of benzene rings is 2. The van der Waals surface area contributed by atoms with Gasteiger partial charge in [0.15, 0.2) is 5.66 Å². The molecule has 1 saturated heterocycles. The zero-order valence-electron chi connectivity index (χ0n) is 15.3. The minimum atomic E-state index is -0.885. The van der Waals surface area contributed by atoms with Crippen molar-refractivity contribution in [2.45, 2.75) is 32.0 Å². The molecule has 1 atom stereocenters. The molecule has 0 radical (unpaired) electrons. The number of hydrogen-bond acceptors (Lipinski definition) is 2. The van der Waals surface area contributed by atoms with Crippen molar-refractivity contribution in [3.8, 4) is 0 Å². The number of rotatable bonds is 1. The molecule has 0 aromatic heterocycles. The van der Waals surface area contributed by atoms with Gasteiger partial charge in [0.25, 0.3) is 5.91 Å². The number of carbonyl (C=O) groups is 2. The summed E-state index contributed by atoms with van der Waals surface area (Å²) >= 11 is 0. The van der Waals surface area contributed by atoms with Gasteiger partial charge in [0.05, 0.1) is 0 Å². The lowest BCUT2D eigenvalue weighted by molar-refractivity contribution is 0.0538. The highest BCUT2D eigenvalue weighted by molar-refractivity contribution is 6.02. The Balaban J connectivity index is 1.93. The average Bonchev–Trinajstić information content (AvgIpc) is 3.11. The highest BCUT2D eigenvalue weighted by Gasteiger charge is 2.59.